The van der Waals surface area contributed by atoms with Crippen LogP contribution in [0.25, 0.3) is 0 Å². The van der Waals surface area contributed by atoms with E-state index in [9.17, 15) is 4.79 Å². The first-order chi connectivity index (χ1) is 14.8. The van der Waals surface area contributed by atoms with Crippen molar-refractivity contribution in [1.29, 1.82) is 0 Å². The van der Waals surface area contributed by atoms with Gasteiger partial charge in [0.25, 0.3) is 5.91 Å². The number of ether oxygens (including phenoxy) is 5. The van der Waals surface area contributed by atoms with Gasteiger partial charge in [0.2, 0.25) is 0 Å². The number of carbonyl (C=O) groups excluding carboxylic acids is 1. The molecule has 7 atom stereocenters. The van der Waals surface area contributed by atoms with E-state index in [2.05, 4.69) is 0 Å². The summed E-state index contributed by atoms with van der Waals surface area (Å²) in [4.78, 5) is 14.8. The second kappa shape index (κ2) is 7.44. The second-order valence-electron chi connectivity index (χ2n) is 8.07. The molecule has 7 nitrogen and oxygen atoms in total. The van der Waals surface area contributed by atoms with Crippen molar-refractivity contribution in [1.82, 2.24) is 4.90 Å². The monoisotopic (exact) mass is 409 g/mol. The van der Waals surface area contributed by atoms with Crippen LogP contribution in [-0.2, 0) is 28.5 Å². The molecule has 0 spiro atoms. The summed E-state index contributed by atoms with van der Waals surface area (Å²) in [5.74, 6) is -0.0509. The van der Waals surface area contributed by atoms with Gasteiger partial charge in [-0.3, -0.25) is 4.79 Å². The molecule has 4 heterocycles. The normalized spacial score (nSPS) is 37.3. The van der Waals surface area contributed by atoms with Crippen molar-refractivity contribution in [3.8, 4) is 0 Å². The predicted molar refractivity (Wildman–Crippen MR) is 104 cm³/mol. The first-order valence-electron chi connectivity index (χ1n) is 10.4. The van der Waals surface area contributed by atoms with Crippen molar-refractivity contribution in [2.24, 2.45) is 0 Å². The Labute approximate surface area is 174 Å². The van der Waals surface area contributed by atoms with Gasteiger partial charge in [-0.25, -0.2) is 0 Å². The number of fused-ring (bicyclic) bond motifs is 3. The molecule has 4 aliphatic heterocycles. The minimum atomic E-state index is -0.461. The SMILES string of the molecule is O=C([C@H]1O[C@@H]1c1ccccc1)N1COC2C3OC(c4ccccc4)OCC3OCC21. The molecule has 1 amide bonds. The molecule has 0 aromatic heterocycles. The van der Waals surface area contributed by atoms with Crippen LogP contribution < -0.4 is 0 Å². The molecule has 5 unspecified atom stereocenters. The maximum Gasteiger partial charge on any atom is 0.257 e. The largest absolute Gasteiger partial charge is 0.371 e. The molecule has 0 saturated carbocycles. The van der Waals surface area contributed by atoms with Crippen LogP contribution in [0.3, 0.4) is 0 Å². The third-order valence-corrected chi connectivity index (χ3v) is 6.27. The highest BCUT2D eigenvalue weighted by molar-refractivity contribution is 5.84. The van der Waals surface area contributed by atoms with E-state index in [4.69, 9.17) is 23.7 Å². The van der Waals surface area contributed by atoms with Gasteiger partial charge in [-0.2, -0.15) is 0 Å². The van der Waals surface area contributed by atoms with E-state index in [0.717, 1.165) is 11.1 Å². The Hall–Kier alpha value is -2.29. The summed E-state index contributed by atoms with van der Waals surface area (Å²) >= 11 is 0. The highest BCUT2D eigenvalue weighted by Crippen LogP contribution is 2.42. The fourth-order valence-corrected chi connectivity index (χ4v) is 4.62. The van der Waals surface area contributed by atoms with Crippen LogP contribution in [0, 0.1) is 0 Å². The molecule has 7 heteroatoms. The van der Waals surface area contributed by atoms with Crippen molar-refractivity contribution in [2.75, 3.05) is 19.9 Å². The third-order valence-electron chi connectivity index (χ3n) is 6.27. The Morgan fingerprint density at radius 2 is 1.53 bits per heavy atom. The standard InChI is InChI=1S/C23H23NO6/c25-22(21-18(29-21)14-7-3-1-4-8-14)24-13-28-19-16(24)11-26-17-12-27-23(30-20(17)19)15-9-5-2-6-10-15/h1-10,16-21,23H,11-13H2/t16?,17?,18-,19?,20?,21+,23?/m1/s1. The molecule has 0 radical (unpaired) electrons. The number of hydrogen-bond donors (Lipinski definition) is 0. The second-order valence-corrected chi connectivity index (χ2v) is 8.07. The highest BCUT2D eigenvalue weighted by Gasteiger charge is 2.56. The molecular formula is C23H23NO6. The Balaban J connectivity index is 1.15. The van der Waals surface area contributed by atoms with E-state index in [0.29, 0.717) is 13.2 Å². The van der Waals surface area contributed by atoms with E-state index < -0.39 is 12.4 Å². The highest BCUT2D eigenvalue weighted by atomic mass is 16.7. The number of epoxide rings is 1. The summed E-state index contributed by atoms with van der Waals surface area (Å²) in [6.45, 7) is 1.07. The Morgan fingerprint density at radius 3 is 2.30 bits per heavy atom. The molecule has 0 aliphatic carbocycles. The number of benzene rings is 2. The number of rotatable bonds is 3. The van der Waals surface area contributed by atoms with Crippen LogP contribution in [0.15, 0.2) is 60.7 Å². The lowest BCUT2D eigenvalue weighted by atomic mass is 9.96. The van der Waals surface area contributed by atoms with Crippen molar-refractivity contribution in [2.45, 2.75) is 42.9 Å². The summed E-state index contributed by atoms with van der Waals surface area (Å²) in [6, 6.07) is 19.5. The lowest BCUT2D eigenvalue weighted by Crippen LogP contribution is -2.60. The minimum Gasteiger partial charge on any atom is -0.371 e. The number of nitrogens with zero attached hydrogens (tertiary/aromatic N) is 1. The molecule has 2 aromatic rings. The number of amides is 1. The molecule has 6 rings (SSSR count). The minimum absolute atomic E-state index is 0.0509. The molecule has 4 saturated heterocycles. The summed E-state index contributed by atoms with van der Waals surface area (Å²) < 4.78 is 29.9. The Bertz CT molecular complexity index is 908. The summed E-state index contributed by atoms with van der Waals surface area (Å²) in [5, 5.41) is 0. The molecule has 2 aromatic carbocycles. The van der Waals surface area contributed by atoms with Gasteiger partial charge < -0.3 is 28.6 Å². The third kappa shape index (κ3) is 3.14. The lowest BCUT2D eigenvalue weighted by molar-refractivity contribution is -0.300. The van der Waals surface area contributed by atoms with Gasteiger partial charge in [0, 0.05) is 5.56 Å². The van der Waals surface area contributed by atoms with Crippen LogP contribution in [-0.4, -0.2) is 61.2 Å². The molecule has 30 heavy (non-hydrogen) atoms. The van der Waals surface area contributed by atoms with Gasteiger partial charge in [-0.15, -0.1) is 0 Å². The molecule has 4 aliphatic rings. The zero-order valence-electron chi connectivity index (χ0n) is 16.3. The van der Waals surface area contributed by atoms with Crippen molar-refractivity contribution in [3.63, 3.8) is 0 Å². The zero-order valence-corrected chi connectivity index (χ0v) is 16.3. The first kappa shape index (κ1) is 18.5. The van der Waals surface area contributed by atoms with Gasteiger partial charge in [0.05, 0.1) is 19.3 Å². The van der Waals surface area contributed by atoms with Gasteiger partial charge in [0.15, 0.2) is 12.4 Å². The topological polar surface area (TPSA) is 69.8 Å². The van der Waals surface area contributed by atoms with Crippen LogP contribution in [0.5, 0.6) is 0 Å². The van der Waals surface area contributed by atoms with Gasteiger partial charge in [-0.05, 0) is 5.56 Å². The van der Waals surface area contributed by atoms with Crippen molar-refractivity contribution >= 4 is 5.91 Å². The quantitative estimate of drug-likeness (QED) is 0.724. The maximum absolute atomic E-state index is 13.1. The van der Waals surface area contributed by atoms with E-state index in [1.54, 1.807) is 4.90 Å². The predicted octanol–water partition coefficient (Wildman–Crippen LogP) is 2.19. The van der Waals surface area contributed by atoms with Gasteiger partial charge in [0.1, 0.15) is 31.1 Å². The first-order valence-corrected chi connectivity index (χ1v) is 10.4. The van der Waals surface area contributed by atoms with Crippen molar-refractivity contribution < 1.29 is 28.5 Å². The molecule has 156 valence electrons. The number of carbonyl (C=O) groups is 1. The van der Waals surface area contributed by atoms with Gasteiger partial charge >= 0.3 is 0 Å². The van der Waals surface area contributed by atoms with Crippen LogP contribution in [0.4, 0.5) is 0 Å². The lowest BCUT2D eigenvalue weighted by Gasteiger charge is -2.44. The van der Waals surface area contributed by atoms with Crippen LogP contribution in [0.2, 0.25) is 0 Å². The fraction of sp³-hybridized carbons (Fsp3) is 0.435. The van der Waals surface area contributed by atoms with Crippen LogP contribution >= 0.6 is 0 Å². The summed E-state index contributed by atoms with van der Waals surface area (Å²) in [5.41, 5.74) is 1.98. The molecule has 0 N–H and O–H groups in total. The zero-order chi connectivity index (χ0) is 20.1. The number of hydrogen-bond acceptors (Lipinski definition) is 6. The van der Waals surface area contributed by atoms with E-state index in [-0.39, 0.29) is 43.1 Å². The maximum atomic E-state index is 13.1. The average Bonchev–Trinajstić information content (AvgIpc) is 3.50. The molecular weight excluding hydrogens is 386 g/mol. The Kier molecular flexibility index (Phi) is 4.58. The molecule has 4 fully saturated rings. The molecule has 0 bridgehead atoms. The fourth-order valence-electron chi connectivity index (χ4n) is 4.62. The summed E-state index contributed by atoms with van der Waals surface area (Å²) in [6.07, 6.45) is -1.83. The van der Waals surface area contributed by atoms with Crippen LogP contribution in [0.1, 0.15) is 23.5 Å². The van der Waals surface area contributed by atoms with E-state index in [1.807, 2.05) is 60.7 Å². The smallest absolute Gasteiger partial charge is 0.257 e. The summed E-state index contributed by atoms with van der Waals surface area (Å²) in [7, 11) is 0. The van der Waals surface area contributed by atoms with E-state index in [1.165, 1.54) is 0 Å². The van der Waals surface area contributed by atoms with E-state index >= 15 is 0 Å². The van der Waals surface area contributed by atoms with Gasteiger partial charge in [-0.1, -0.05) is 60.7 Å². The van der Waals surface area contributed by atoms with Crippen molar-refractivity contribution in [3.05, 3.63) is 71.8 Å². The Morgan fingerprint density at radius 1 is 0.800 bits per heavy atom. The average molecular weight is 409 g/mol.